The van der Waals surface area contributed by atoms with Crippen LogP contribution >= 0.6 is 31.3 Å². The monoisotopic (exact) mass is 374 g/mol. The van der Waals surface area contributed by atoms with Crippen molar-refractivity contribution in [1.29, 1.82) is 0 Å². The van der Waals surface area contributed by atoms with Crippen molar-refractivity contribution < 1.29 is 174 Å². The smallest absolute Gasteiger partial charge is 0.790 e. The molecule has 0 aliphatic rings. The van der Waals surface area contributed by atoms with Gasteiger partial charge in [-0.2, -0.15) is 0 Å². The third kappa shape index (κ3) is 31.1. The van der Waals surface area contributed by atoms with Gasteiger partial charge >= 0.3 is 113 Å². The molecule has 0 heterocycles. The van der Waals surface area contributed by atoms with Gasteiger partial charge in [-0.3, -0.25) is 17.8 Å². The van der Waals surface area contributed by atoms with E-state index in [0.29, 0.717) is 0 Å². The number of phosphoric acid groups is 4. The van der Waals surface area contributed by atoms with Crippen LogP contribution < -0.4 is 143 Å². The van der Waals surface area contributed by atoms with Crippen LogP contribution in [0.25, 0.3) is 0 Å². The summed E-state index contributed by atoms with van der Waals surface area (Å²) in [5.74, 6) is 0. The molecule has 0 fully saturated rings. The first-order chi connectivity index (χ1) is 7.12. The molecule has 0 rings (SSSR count). The largest absolute Gasteiger partial charge is 1.00 e. The summed E-state index contributed by atoms with van der Waals surface area (Å²) >= 11 is 0. The van der Waals surface area contributed by atoms with Crippen molar-refractivity contribution in [3.05, 3.63) is 0 Å². The first kappa shape index (κ1) is 45.7. The van der Waals surface area contributed by atoms with Crippen LogP contribution in [0.15, 0.2) is 0 Å². The third-order valence-corrected chi connectivity index (χ3v) is 5.40. The molecule has 0 radical (unpaired) electrons. The Kier molecular flexibility index (Phi) is 33.9. The predicted molar refractivity (Wildman–Crippen MR) is 33.7 cm³/mol. The van der Waals surface area contributed by atoms with Crippen LogP contribution in [0.4, 0.5) is 0 Å². The molecule has 0 saturated carbocycles. The van der Waals surface area contributed by atoms with E-state index in [1.165, 1.54) is 0 Å². The van der Waals surface area contributed by atoms with Gasteiger partial charge in [-0.15, -0.1) is 0 Å². The van der Waals surface area contributed by atoms with Crippen molar-refractivity contribution in [2.24, 2.45) is 0 Å². The average molecular weight is 374 g/mol. The molecular weight excluding hydrogens is 374 g/mol. The van der Waals surface area contributed by atoms with Gasteiger partial charge in [0, 0.05) is 0 Å². The molecule has 0 amide bonds. The molecule has 0 aromatic heterocycles. The molecule has 23 heteroatoms. The van der Waals surface area contributed by atoms with Crippen LogP contribution in [-0.2, 0) is 31.2 Å². The molecule has 0 aliphatic heterocycles. The number of rotatable bonds is 6. The van der Waals surface area contributed by atoms with E-state index in [2.05, 4.69) is 12.9 Å². The minimum atomic E-state index is -6.26. The van der Waals surface area contributed by atoms with Crippen LogP contribution in [0.1, 0.15) is 0 Å². The Morgan fingerprint density at radius 3 is 0.739 bits per heavy atom. The second-order valence-corrected chi connectivity index (χ2v) is 7.57. The molecule has 13 nitrogen and oxygen atoms in total. The Morgan fingerprint density at radius 1 is 0.435 bits per heavy atom. The van der Waals surface area contributed by atoms with Crippen LogP contribution in [0.3, 0.4) is 0 Å². The predicted octanol–water partition coefficient (Wildman–Crippen LogP) is -22.3. The first-order valence-corrected chi connectivity index (χ1v) is 8.76. The van der Waals surface area contributed by atoms with Gasteiger partial charge < -0.3 is 38.5 Å². The van der Waals surface area contributed by atoms with E-state index in [0.717, 1.165) is 0 Å². The Morgan fingerprint density at radius 2 is 0.609 bits per heavy atom. The fraction of sp³-hybridized carbons (Fsp3) is 0. The van der Waals surface area contributed by atoms with Crippen molar-refractivity contribution in [2.45, 2.75) is 0 Å². The summed E-state index contributed by atoms with van der Waals surface area (Å²) in [4.78, 5) is 60.0. The number of hydrogen-bond donors (Lipinski definition) is 0. The summed E-state index contributed by atoms with van der Waals surface area (Å²) in [5, 5.41) is 0. The normalized spacial score (nSPS) is 15.2. The first-order valence-electron chi connectivity index (χ1n) is 2.92. The van der Waals surface area contributed by atoms with Crippen molar-refractivity contribution in [1.82, 2.24) is 0 Å². The van der Waals surface area contributed by atoms with E-state index in [1.807, 2.05) is 0 Å². The zero-order chi connectivity index (χ0) is 14.1. The molecular formula is Li6O13P4. The van der Waals surface area contributed by atoms with Gasteiger partial charge in [0.15, 0.2) is 0 Å². The van der Waals surface area contributed by atoms with E-state index in [4.69, 9.17) is 0 Å². The summed E-state index contributed by atoms with van der Waals surface area (Å²) < 4.78 is 48.5. The van der Waals surface area contributed by atoms with Gasteiger partial charge in [0.25, 0.3) is 15.6 Å². The summed E-state index contributed by atoms with van der Waals surface area (Å²) in [6, 6.07) is 0. The molecule has 0 aromatic carbocycles. The fourth-order valence-electron chi connectivity index (χ4n) is 0.397. The second-order valence-electron chi connectivity index (χ2n) is 2.03. The quantitative estimate of drug-likeness (QED) is 0.311. The second kappa shape index (κ2) is 17.0. The van der Waals surface area contributed by atoms with Gasteiger partial charge in [-0.05, 0) is 0 Å². The summed E-state index contributed by atoms with van der Waals surface area (Å²) in [6.07, 6.45) is 0. The van der Waals surface area contributed by atoms with Gasteiger partial charge in [0.2, 0.25) is 0 Å². The fourth-order valence-corrected chi connectivity index (χ4v) is 4.11. The van der Waals surface area contributed by atoms with Crippen molar-refractivity contribution in [3.63, 3.8) is 0 Å². The van der Waals surface area contributed by atoms with Crippen LogP contribution in [0.2, 0.25) is 0 Å². The zero-order valence-electron chi connectivity index (χ0n) is 13.1. The van der Waals surface area contributed by atoms with E-state index >= 15 is 0 Å². The summed E-state index contributed by atoms with van der Waals surface area (Å²) in [5.41, 5.74) is 0. The maximum Gasteiger partial charge on any atom is 1.00 e. The Hall–Kier alpha value is 4.14. The Labute approximate surface area is 202 Å². The molecule has 0 N–H and O–H groups in total. The van der Waals surface area contributed by atoms with Crippen LogP contribution in [0.5, 0.6) is 0 Å². The zero-order valence-corrected chi connectivity index (χ0v) is 16.7. The third-order valence-electron chi connectivity index (χ3n) is 0.600. The van der Waals surface area contributed by atoms with Gasteiger partial charge in [-0.25, -0.2) is 4.31 Å². The van der Waals surface area contributed by atoms with E-state index in [1.54, 1.807) is 0 Å². The molecule has 0 saturated heterocycles. The minimum absolute atomic E-state index is 0. The van der Waals surface area contributed by atoms with E-state index < -0.39 is 31.3 Å². The standard InChI is InChI=1S/6Li.H6O13P4/c;;;;;;1-14(2,3)11-16(7,8)13-17(9,10)12-15(4,5)6/h;;;;;;(H,7,8)(H,9,10)(H2,1,2,3)(H2,4,5,6)/q6*+1;/p-6. The number of hydrogen-bond acceptors (Lipinski definition) is 13. The average Bonchev–Trinajstić information content (AvgIpc) is 1.65. The summed E-state index contributed by atoms with van der Waals surface area (Å²) in [6.45, 7) is 0. The maximum absolute atomic E-state index is 10.4. The van der Waals surface area contributed by atoms with Crippen molar-refractivity contribution in [2.75, 3.05) is 0 Å². The van der Waals surface area contributed by atoms with Gasteiger partial charge in [-0.1, -0.05) is 0 Å². The Bertz CT molecular complexity index is 421. The minimum Gasteiger partial charge on any atom is -0.790 e. The molecule has 0 bridgehead atoms. The molecule has 104 valence electrons. The SMILES string of the molecule is O=P([O-])([O-])OP(=O)([O-])OP(=O)([O-])OP(=O)([O-])[O-].[Li+].[Li+].[Li+].[Li+].[Li+].[Li+]. The van der Waals surface area contributed by atoms with Gasteiger partial charge in [0.05, 0.1) is 15.6 Å². The van der Waals surface area contributed by atoms with E-state index in [-0.39, 0.29) is 113 Å². The Balaban J connectivity index is -0.0000000853. The molecule has 2 atom stereocenters. The summed E-state index contributed by atoms with van der Waals surface area (Å²) in [7, 11) is -24.9. The molecule has 0 aromatic rings. The molecule has 23 heavy (non-hydrogen) atoms. The van der Waals surface area contributed by atoms with Crippen LogP contribution in [-0.4, -0.2) is 0 Å². The maximum atomic E-state index is 10.4. The van der Waals surface area contributed by atoms with Crippen molar-refractivity contribution >= 4 is 31.3 Å². The van der Waals surface area contributed by atoms with Gasteiger partial charge in [0.1, 0.15) is 0 Å². The van der Waals surface area contributed by atoms with Crippen LogP contribution in [0, 0.1) is 0 Å². The van der Waals surface area contributed by atoms with Crippen molar-refractivity contribution in [3.8, 4) is 0 Å². The topological polar surface area (TPSA) is 234 Å². The molecule has 0 spiro atoms. The molecule has 0 aliphatic carbocycles. The molecule has 2 unspecified atom stereocenters. The van der Waals surface area contributed by atoms with E-state index in [9.17, 15) is 47.6 Å².